The number of hydrogen-bond acceptors (Lipinski definition) is 6. The number of ether oxygens (including phenoxy) is 3. The first-order valence-corrected chi connectivity index (χ1v) is 8.97. The highest BCUT2D eigenvalue weighted by atomic mass is 127. The number of methoxy groups -OCH3 is 1. The van der Waals surface area contributed by atoms with Crippen LogP contribution in [0.2, 0.25) is 0 Å². The average molecular weight is 437 g/mol. The van der Waals surface area contributed by atoms with Crippen molar-refractivity contribution in [3.63, 3.8) is 0 Å². The van der Waals surface area contributed by atoms with Crippen molar-refractivity contribution in [3.05, 3.63) is 0 Å². The van der Waals surface area contributed by atoms with Crippen LogP contribution >= 0.6 is 22.6 Å². The van der Waals surface area contributed by atoms with E-state index in [2.05, 4.69) is 29.5 Å². The van der Waals surface area contributed by atoms with Crippen LogP contribution < -0.4 is 0 Å². The van der Waals surface area contributed by atoms with Crippen molar-refractivity contribution in [2.45, 2.75) is 54.4 Å². The average Bonchev–Trinajstić information content (AvgIpc) is 3.09. The molecule has 5 atom stereocenters. The van der Waals surface area contributed by atoms with Crippen LogP contribution in [0.3, 0.4) is 0 Å². The highest BCUT2D eigenvalue weighted by Gasteiger charge is 2.79. The number of nitrogens with zero attached hydrogens (tertiary/aromatic N) is 1. The number of fused-ring (bicyclic) bond motifs is 3. The Bertz CT molecular complexity index is 568. The summed E-state index contributed by atoms with van der Waals surface area (Å²) in [7, 11) is 1.27. The smallest absolute Gasteiger partial charge is 0.338 e. The van der Waals surface area contributed by atoms with Crippen LogP contribution in [0.4, 0.5) is 0 Å². The minimum Gasteiger partial charge on any atom is -0.467 e. The summed E-state index contributed by atoms with van der Waals surface area (Å²) >= 11 is 2.25. The molecule has 0 aromatic rings. The van der Waals surface area contributed by atoms with E-state index in [0.29, 0.717) is 0 Å². The molecule has 0 spiro atoms. The Kier molecular flexibility index (Phi) is 4.11. The number of hydrogen-bond donors (Lipinski definition) is 0. The molecule has 0 aromatic heterocycles. The van der Waals surface area contributed by atoms with Gasteiger partial charge in [-0.1, -0.05) is 35.9 Å². The third-order valence-electron chi connectivity index (χ3n) is 5.24. The molecule has 7 nitrogen and oxygen atoms in total. The van der Waals surface area contributed by atoms with Crippen LogP contribution in [0.1, 0.15) is 33.1 Å². The minimum absolute atomic E-state index is 0.00299. The Hall–Kier alpha value is -0.900. The third-order valence-corrected chi connectivity index (χ3v) is 6.48. The lowest BCUT2D eigenvalue weighted by Gasteiger charge is -2.39. The van der Waals surface area contributed by atoms with Gasteiger partial charge in [-0.3, -0.25) is 14.5 Å². The van der Waals surface area contributed by atoms with Crippen LogP contribution in [0.25, 0.3) is 0 Å². The lowest BCUT2D eigenvalue weighted by atomic mass is 9.77. The van der Waals surface area contributed by atoms with Gasteiger partial charge in [0.2, 0.25) is 11.4 Å². The Balaban J connectivity index is 2.08. The standard InChI is InChI=1S/C15H20INO6/c1-4-5-9(16)12-17-11(19)8-6-10(18)23-14(8,2)15(17,7-22-12)13(20)21-3/h8-9,12H,4-7H2,1-3H3/t8-,9?,12+,14-,15-/m0/s1. The molecule has 3 saturated heterocycles. The fraction of sp³-hybridized carbons (Fsp3) is 0.800. The first kappa shape index (κ1) is 16.9. The van der Waals surface area contributed by atoms with Crippen LogP contribution in [0.5, 0.6) is 0 Å². The number of carbonyl (C=O) groups excluding carboxylic acids is 3. The lowest BCUT2D eigenvalue weighted by Crippen LogP contribution is -2.64. The first-order valence-electron chi connectivity index (χ1n) is 7.72. The van der Waals surface area contributed by atoms with E-state index >= 15 is 0 Å². The van der Waals surface area contributed by atoms with Gasteiger partial charge in [0.05, 0.1) is 30.0 Å². The fourth-order valence-electron chi connectivity index (χ4n) is 4.05. The van der Waals surface area contributed by atoms with Crippen LogP contribution in [0.15, 0.2) is 0 Å². The van der Waals surface area contributed by atoms with Crippen LogP contribution in [0, 0.1) is 5.92 Å². The zero-order valence-corrected chi connectivity index (χ0v) is 15.5. The van der Waals surface area contributed by atoms with Crippen molar-refractivity contribution in [2.24, 2.45) is 5.92 Å². The molecule has 0 aliphatic carbocycles. The molecule has 3 aliphatic heterocycles. The van der Waals surface area contributed by atoms with Gasteiger partial charge in [0.25, 0.3) is 0 Å². The van der Waals surface area contributed by atoms with Gasteiger partial charge >= 0.3 is 11.9 Å². The van der Waals surface area contributed by atoms with E-state index in [1.165, 1.54) is 12.0 Å². The first-order chi connectivity index (χ1) is 10.8. The number of rotatable bonds is 4. The van der Waals surface area contributed by atoms with E-state index < -0.39 is 35.2 Å². The number of esters is 2. The Morgan fingerprint density at radius 1 is 1.52 bits per heavy atom. The Morgan fingerprint density at radius 3 is 2.83 bits per heavy atom. The molecule has 128 valence electrons. The van der Waals surface area contributed by atoms with E-state index in [0.717, 1.165) is 12.8 Å². The molecule has 3 aliphatic rings. The molecular formula is C15H20INO6. The lowest BCUT2D eigenvalue weighted by molar-refractivity contribution is -0.174. The van der Waals surface area contributed by atoms with Gasteiger partial charge < -0.3 is 14.2 Å². The Morgan fingerprint density at radius 2 is 2.22 bits per heavy atom. The van der Waals surface area contributed by atoms with Gasteiger partial charge in [0.15, 0.2) is 5.60 Å². The van der Waals surface area contributed by atoms with Crippen LogP contribution in [-0.2, 0) is 28.6 Å². The van der Waals surface area contributed by atoms with Crippen molar-refractivity contribution < 1.29 is 28.6 Å². The van der Waals surface area contributed by atoms with Gasteiger partial charge in [-0.2, -0.15) is 0 Å². The normalized spacial score (nSPS) is 39.9. The van der Waals surface area contributed by atoms with Gasteiger partial charge in [-0.05, 0) is 13.3 Å². The van der Waals surface area contributed by atoms with Crippen LogP contribution in [-0.4, -0.2) is 57.8 Å². The molecule has 0 N–H and O–H groups in total. The zero-order valence-electron chi connectivity index (χ0n) is 13.3. The minimum atomic E-state index is -1.39. The molecule has 8 heteroatoms. The monoisotopic (exact) mass is 437 g/mol. The maximum Gasteiger partial charge on any atom is 0.338 e. The summed E-state index contributed by atoms with van der Waals surface area (Å²) in [5.74, 6) is -1.97. The van der Waals surface area contributed by atoms with Crippen molar-refractivity contribution in [1.29, 1.82) is 0 Å². The predicted molar refractivity (Wildman–Crippen MR) is 86.7 cm³/mol. The number of alkyl halides is 1. The molecule has 1 amide bonds. The van der Waals surface area contributed by atoms with Crippen molar-refractivity contribution >= 4 is 40.4 Å². The van der Waals surface area contributed by atoms with Gasteiger partial charge in [-0.25, -0.2) is 4.79 Å². The third kappa shape index (κ3) is 2.00. The number of halogens is 1. The summed E-state index contributed by atoms with van der Waals surface area (Å²) in [6, 6.07) is 0. The molecular weight excluding hydrogens is 417 g/mol. The molecule has 1 unspecified atom stereocenters. The van der Waals surface area contributed by atoms with Crippen molar-refractivity contribution in [2.75, 3.05) is 13.7 Å². The van der Waals surface area contributed by atoms with E-state index in [4.69, 9.17) is 14.2 Å². The van der Waals surface area contributed by atoms with E-state index in [1.807, 2.05) is 0 Å². The molecule has 0 bridgehead atoms. The predicted octanol–water partition coefficient (Wildman–Crippen LogP) is 1.02. The molecule has 3 fully saturated rings. The quantitative estimate of drug-likeness (QED) is 0.371. The Labute approximate surface area is 148 Å². The second-order valence-electron chi connectivity index (χ2n) is 6.40. The van der Waals surface area contributed by atoms with E-state index in [9.17, 15) is 14.4 Å². The second kappa shape index (κ2) is 5.58. The molecule has 0 aromatic carbocycles. The molecule has 3 heterocycles. The number of amides is 1. The summed E-state index contributed by atoms with van der Waals surface area (Å²) in [5, 5.41) is 0. The SMILES string of the molecule is CCCC(I)[C@H]1OC[C@@]2(C(=O)OC)N1C(=O)[C@@H]1CC(=O)O[C@@]12C. The van der Waals surface area contributed by atoms with Gasteiger partial charge in [0, 0.05) is 0 Å². The molecule has 0 radical (unpaired) electrons. The van der Waals surface area contributed by atoms with E-state index in [-0.39, 0.29) is 22.9 Å². The van der Waals surface area contributed by atoms with Gasteiger partial charge in [0.1, 0.15) is 6.23 Å². The topological polar surface area (TPSA) is 82.1 Å². The molecule has 0 saturated carbocycles. The summed E-state index contributed by atoms with van der Waals surface area (Å²) in [5.41, 5.74) is -2.64. The van der Waals surface area contributed by atoms with E-state index in [1.54, 1.807) is 6.92 Å². The highest BCUT2D eigenvalue weighted by molar-refractivity contribution is 14.1. The summed E-state index contributed by atoms with van der Waals surface area (Å²) in [6.45, 7) is 3.68. The summed E-state index contributed by atoms with van der Waals surface area (Å²) in [6.07, 6.45) is 1.28. The van der Waals surface area contributed by atoms with Crippen molar-refractivity contribution in [3.8, 4) is 0 Å². The summed E-state index contributed by atoms with van der Waals surface area (Å²) in [4.78, 5) is 38.9. The maximum absolute atomic E-state index is 13.0. The maximum atomic E-state index is 13.0. The number of carbonyl (C=O) groups is 3. The van der Waals surface area contributed by atoms with Crippen molar-refractivity contribution in [1.82, 2.24) is 4.90 Å². The highest BCUT2D eigenvalue weighted by Crippen LogP contribution is 2.56. The zero-order chi connectivity index (χ0) is 17.0. The molecule has 23 heavy (non-hydrogen) atoms. The largest absolute Gasteiger partial charge is 0.467 e. The fourth-order valence-corrected chi connectivity index (χ4v) is 5.20. The second-order valence-corrected chi connectivity index (χ2v) is 8.00. The summed E-state index contributed by atoms with van der Waals surface area (Å²) < 4.78 is 16.4. The van der Waals surface area contributed by atoms with Gasteiger partial charge in [-0.15, -0.1) is 0 Å². The molecule has 3 rings (SSSR count).